The highest BCUT2D eigenvalue weighted by Gasteiger charge is 2.33. The average Bonchev–Trinajstić information content (AvgIpc) is 2.86. The standard InChI is InChI=1S/C13H17N5O/c1-8-12(18(13(14)19)6-5-15-8)10-4-2-3-9-7-16-17-11(9)10/h2-4,7-8,12,15H,5-6H2,1H3,(H2,14,19)(H,16,17). The van der Waals surface area contributed by atoms with Crippen LogP contribution in [0.1, 0.15) is 18.5 Å². The van der Waals surface area contributed by atoms with Crippen LogP contribution in [0.25, 0.3) is 10.9 Å². The van der Waals surface area contributed by atoms with Crippen LogP contribution in [0.3, 0.4) is 0 Å². The number of hydrogen-bond donors (Lipinski definition) is 3. The van der Waals surface area contributed by atoms with Crippen LogP contribution in [0.5, 0.6) is 0 Å². The lowest BCUT2D eigenvalue weighted by molar-refractivity contribution is 0.145. The van der Waals surface area contributed by atoms with Crippen LogP contribution in [-0.2, 0) is 0 Å². The van der Waals surface area contributed by atoms with Gasteiger partial charge in [0, 0.05) is 30.1 Å². The zero-order valence-corrected chi connectivity index (χ0v) is 10.8. The van der Waals surface area contributed by atoms with Crippen LogP contribution in [-0.4, -0.2) is 40.3 Å². The molecule has 2 unspecified atom stereocenters. The summed E-state index contributed by atoms with van der Waals surface area (Å²) in [5.41, 5.74) is 7.53. The van der Waals surface area contributed by atoms with Gasteiger partial charge >= 0.3 is 6.03 Å². The molecule has 0 saturated carbocycles. The Morgan fingerprint density at radius 2 is 2.37 bits per heavy atom. The minimum Gasteiger partial charge on any atom is -0.351 e. The van der Waals surface area contributed by atoms with E-state index in [1.165, 1.54) is 0 Å². The van der Waals surface area contributed by atoms with E-state index in [1.807, 2.05) is 18.2 Å². The Labute approximate surface area is 111 Å². The molecule has 4 N–H and O–H groups in total. The molecule has 6 heteroatoms. The zero-order chi connectivity index (χ0) is 13.4. The van der Waals surface area contributed by atoms with Crippen molar-refractivity contribution in [2.24, 2.45) is 5.73 Å². The van der Waals surface area contributed by atoms with E-state index in [4.69, 9.17) is 5.73 Å². The van der Waals surface area contributed by atoms with E-state index in [9.17, 15) is 4.79 Å². The number of piperazine rings is 1. The number of aromatic nitrogens is 2. The molecule has 1 aromatic heterocycles. The Morgan fingerprint density at radius 1 is 1.53 bits per heavy atom. The van der Waals surface area contributed by atoms with Gasteiger partial charge in [0.05, 0.1) is 17.8 Å². The summed E-state index contributed by atoms with van der Waals surface area (Å²) in [6, 6.07) is 5.69. The number of carbonyl (C=O) groups excluding carboxylic acids is 1. The van der Waals surface area contributed by atoms with Crippen LogP contribution in [0.15, 0.2) is 24.4 Å². The van der Waals surface area contributed by atoms with Crippen molar-refractivity contribution in [2.45, 2.75) is 19.0 Å². The van der Waals surface area contributed by atoms with Gasteiger partial charge in [0.25, 0.3) is 0 Å². The van der Waals surface area contributed by atoms with Crippen LogP contribution >= 0.6 is 0 Å². The number of nitrogens with one attached hydrogen (secondary N) is 2. The summed E-state index contributed by atoms with van der Waals surface area (Å²) in [5, 5.41) is 11.5. The first kappa shape index (κ1) is 12.0. The fourth-order valence-electron chi connectivity index (χ4n) is 2.86. The predicted octanol–water partition coefficient (Wildman–Crippen LogP) is 0.976. The van der Waals surface area contributed by atoms with Gasteiger partial charge in [-0.2, -0.15) is 5.10 Å². The largest absolute Gasteiger partial charge is 0.351 e. The highest BCUT2D eigenvalue weighted by atomic mass is 16.2. The number of rotatable bonds is 1. The molecule has 1 fully saturated rings. The monoisotopic (exact) mass is 259 g/mol. The van der Waals surface area contributed by atoms with Crippen molar-refractivity contribution in [3.63, 3.8) is 0 Å². The molecular weight excluding hydrogens is 242 g/mol. The third-order valence-electron chi connectivity index (χ3n) is 3.74. The number of H-pyrrole nitrogens is 1. The first-order chi connectivity index (χ1) is 9.18. The van der Waals surface area contributed by atoms with Gasteiger partial charge < -0.3 is 16.0 Å². The maximum atomic E-state index is 11.7. The van der Waals surface area contributed by atoms with Crippen LogP contribution in [0.4, 0.5) is 4.79 Å². The lowest BCUT2D eigenvalue weighted by atomic mass is 9.95. The molecule has 0 aliphatic carbocycles. The second-order valence-corrected chi connectivity index (χ2v) is 4.90. The molecule has 100 valence electrons. The molecule has 2 aromatic rings. The normalized spacial score (nSPS) is 23.7. The summed E-state index contributed by atoms with van der Waals surface area (Å²) in [7, 11) is 0. The van der Waals surface area contributed by atoms with Crippen molar-refractivity contribution in [1.29, 1.82) is 0 Å². The first-order valence-electron chi connectivity index (χ1n) is 6.40. The lowest BCUT2D eigenvalue weighted by Gasteiger charge is -2.40. The second kappa shape index (κ2) is 4.55. The first-order valence-corrected chi connectivity index (χ1v) is 6.40. The number of primary amides is 1. The van der Waals surface area contributed by atoms with Crippen molar-refractivity contribution >= 4 is 16.9 Å². The van der Waals surface area contributed by atoms with E-state index >= 15 is 0 Å². The summed E-state index contributed by atoms with van der Waals surface area (Å²) in [4.78, 5) is 13.4. The topological polar surface area (TPSA) is 87.0 Å². The number of hydrogen-bond acceptors (Lipinski definition) is 3. The van der Waals surface area contributed by atoms with Crippen molar-refractivity contribution in [1.82, 2.24) is 20.4 Å². The van der Waals surface area contributed by atoms with Gasteiger partial charge in [-0.3, -0.25) is 5.10 Å². The number of benzene rings is 1. The molecule has 2 atom stereocenters. The number of fused-ring (bicyclic) bond motifs is 1. The van der Waals surface area contributed by atoms with Gasteiger partial charge in [-0.25, -0.2) is 4.79 Å². The van der Waals surface area contributed by atoms with Crippen molar-refractivity contribution in [3.05, 3.63) is 30.0 Å². The lowest BCUT2D eigenvalue weighted by Crippen LogP contribution is -2.55. The van der Waals surface area contributed by atoms with Gasteiger partial charge in [-0.1, -0.05) is 18.2 Å². The van der Waals surface area contributed by atoms with Crippen LogP contribution < -0.4 is 11.1 Å². The molecule has 2 amide bonds. The Hall–Kier alpha value is -2.08. The predicted molar refractivity (Wildman–Crippen MR) is 72.6 cm³/mol. The number of para-hydroxylation sites is 1. The molecule has 2 heterocycles. The van der Waals surface area contributed by atoms with Gasteiger partial charge in [0.15, 0.2) is 0 Å². The zero-order valence-electron chi connectivity index (χ0n) is 10.8. The molecule has 6 nitrogen and oxygen atoms in total. The summed E-state index contributed by atoms with van der Waals surface area (Å²) in [6.07, 6.45) is 1.79. The van der Waals surface area contributed by atoms with Crippen molar-refractivity contribution in [2.75, 3.05) is 13.1 Å². The van der Waals surface area contributed by atoms with E-state index in [0.717, 1.165) is 23.0 Å². The Balaban J connectivity index is 2.11. The van der Waals surface area contributed by atoms with E-state index < -0.39 is 0 Å². The van der Waals surface area contributed by atoms with E-state index in [-0.39, 0.29) is 18.1 Å². The third-order valence-corrected chi connectivity index (χ3v) is 3.74. The van der Waals surface area contributed by atoms with Gasteiger partial charge in [-0.15, -0.1) is 0 Å². The summed E-state index contributed by atoms with van der Waals surface area (Å²) in [6.45, 7) is 3.45. The van der Waals surface area contributed by atoms with Crippen molar-refractivity contribution < 1.29 is 4.79 Å². The van der Waals surface area contributed by atoms with Gasteiger partial charge in [0.2, 0.25) is 0 Å². The Kier molecular flexibility index (Phi) is 2.87. The summed E-state index contributed by atoms with van der Waals surface area (Å²) >= 11 is 0. The van der Waals surface area contributed by atoms with E-state index in [1.54, 1.807) is 11.1 Å². The van der Waals surface area contributed by atoms with Gasteiger partial charge in [0.1, 0.15) is 0 Å². The fourth-order valence-corrected chi connectivity index (χ4v) is 2.86. The number of aromatic amines is 1. The summed E-state index contributed by atoms with van der Waals surface area (Å²) in [5.74, 6) is 0. The van der Waals surface area contributed by atoms with Gasteiger partial charge in [-0.05, 0) is 6.92 Å². The number of nitrogens with zero attached hydrogens (tertiary/aromatic N) is 2. The number of nitrogens with two attached hydrogens (primary N) is 1. The smallest absolute Gasteiger partial charge is 0.315 e. The number of carbonyl (C=O) groups is 1. The molecule has 1 aliphatic heterocycles. The molecule has 1 saturated heterocycles. The van der Waals surface area contributed by atoms with Crippen LogP contribution in [0, 0.1) is 0 Å². The second-order valence-electron chi connectivity index (χ2n) is 4.90. The molecule has 0 bridgehead atoms. The van der Waals surface area contributed by atoms with E-state index in [0.29, 0.717) is 6.54 Å². The molecular formula is C13H17N5O. The number of amides is 2. The average molecular weight is 259 g/mol. The Bertz CT molecular complexity index is 608. The molecule has 1 aromatic carbocycles. The highest BCUT2D eigenvalue weighted by Crippen LogP contribution is 2.31. The van der Waals surface area contributed by atoms with Crippen molar-refractivity contribution in [3.8, 4) is 0 Å². The molecule has 1 aliphatic rings. The third kappa shape index (κ3) is 1.94. The molecule has 19 heavy (non-hydrogen) atoms. The van der Waals surface area contributed by atoms with Crippen LogP contribution in [0.2, 0.25) is 0 Å². The maximum absolute atomic E-state index is 11.7. The molecule has 0 radical (unpaired) electrons. The molecule has 3 rings (SSSR count). The fraction of sp³-hybridized carbons (Fsp3) is 0.385. The van der Waals surface area contributed by atoms with E-state index in [2.05, 4.69) is 22.4 Å². The SMILES string of the molecule is CC1NCCN(C(N)=O)C1c1cccc2cn[nH]c12. The molecule has 0 spiro atoms. The minimum absolute atomic E-state index is 0.0737. The minimum atomic E-state index is -0.380. The quantitative estimate of drug-likeness (QED) is 0.713. The highest BCUT2D eigenvalue weighted by molar-refractivity contribution is 5.82. The Morgan fingerprint density at radius 3 is 3.16 bits per heavy atom. The maximum Gasteiger partial charge on any atom is 0.315 e. The number of urea groups is 1. The summed E-state index contributed by atoms with van der Waals surface area (Å²) < 4.78 is 0.